The van der Waals surface area contributed by atoms with Crippen LogP contribution in [0.5, 0.6) is 0 Å². The Morgan fingerprint density at radius 2 is 1.57 bits per heavy atom. The first kappa shape index (κ1) is 18.4. The lowest BCUT2D eigenvalue weighted by Gasteiger charge is -2.22. The van der Waals surface area contributed by atoms with E-state index in [0.717, 1.165) is 24.9 Å². The summed E-state index contributed by atoms with van der Waals surface area (Å²) in [5.74, 6) is -0.267. The molecule has 0 radical (unpaired) electrons. The van der Waals surface area contributed by atoms with Gasteiger partial charge < -0.3 is 4.90 Å². The van der Waals surface area contributed by atoms with Gasteiger partial charge in [0.15, 0.2) is 0 Å². The normalized spacial score (nSPS) is 17.8. The molecule has 5 nitrogen and oxygen atoms in total. The third kappa shape index (κ3) is 3.21. The van der Waals surface area contributed by atoms with Gasteiger partial charge in [-0.25, -0.2) is 0 Å². The number of amides is 3. The van der Waals surface area contributed by atoms with E-state index in [-0.39, 0.29) is 23.8 Å². The molecule has 0 fully saturated rings. The molecule has 2 aromatic rings. The fourth-order valence-corrected chi connectivity index (χ4v) is 4.23. The predicted molar refractivity (Wildman–Crippen MR) is 107 cm³/mol. The zero-order chi connectivity index (χ0) is 19.7. The maximum atomic E-state index is 12.7. The van der Waals surface area contributed by atoms with Crippen molar-refractivity contribution in [2.75, 3.05) is 11.4 Å². The Morgan fingerprint density at radius 1 is 0.929 bits per heavy atom. The van der Waals surface area contributed by atoms with Gasteiger partial charge in [-0.05, 0) is 49.9 Å². The van der Waals surface area contributed by atoms with Gasteiger partial charge in [-0.2, -0.15) is 0 Å². The highest BCUT2D eigenvalue weighted by Gasteiger charge is 2.34. The Kier molecular flexibility index (Phi) is 4.99. The minimum absolute atomic E-state index is 0.151. The molecule has 4 rings (SSSR count). The number of carbonyl (C=O) groups excluding carboxylic acids is 3. The van der Waals surface area contributed by atoms with Crippen molar-refractivity contribution in [1.29, 1.82) is 0 Å². The van der Waals surface area contributed by atoms with Crippen LogP contribution < -0.4 is 4.90 Å². The molecule has 0 saturated heterocycles. The molecule has 2 aliphatic rings. The fraction of sp³-hybridized carbons (Fsp3) is 0.348. The number of unbranched alkanes of at least 4 members (excludes halogenated alkanes) is 2. The molecule has 144 valence electrons. The number of carbonyl (C=O) groups is 3. The molecule has 0 N–H and O–H groups in total. The van der Waals surface area contributed by atoms with Crippen LogP contribution in [0, 0.1) is 0 Å². The Labute approximate surface area is 164 Å². The highest BCUT2D eigenvalue weighted by Crippen LogP contribution is 2.32. The van der Waals surface area contributed by atoms with E-state index in [4.69, 9.17) is 0 Å². The van der Waals surface area contributed by atoms with Crippen LogP contribution in [0.25, 0.3) is 0 Å². The third-order valence-corrected chi connectivity index (χ3v) is 5.63. The van der Waals surface area contributed by atoms with E-state index in [0.29, 0.717) is 30.5 Å². The summed E-state index contributed by atoms with van der Waals surface area (Å²) in [4.78, 5) is 40.6. The average Bonchev–Trinajstić information content (AvgIpc) is 3.16. The summed E-state index contributed by atoms with van der Waals surface area (Å²) in [6.07, 6.45) is 3.67. The number of imide groups is 1. The first-order valence-corrected chi connectivity index (χ1v) is 9.93. The summed E-state index contributed by atoms with van der Waals surface area (Å²) in [6, 6.07) is 15.2. The van der Waals surface area contributed by atoms with Crippen molar-refractivity contribution in [3.63, 3.8) is 0 Å². The molecule has 5 heteroatoms. The number of nitrogens with zero attached hydrogens (tertiary/aromatic N) is 2. The fourth-order valence-electron chi connectivity index (χ4n) is 4.23. The summed E-state index contributed by atoms with van der Waals surface area (Å²) in [6.45, 7) is 2.49. The van der Waals surface area contributed by atoms with E-state index < -0.39 is 0 Å². The minimum atomic E-state index is -0.209. The molecule has 1 unspecified atom stereocenters. The monoisotopic (exact) mass is 376 g/mol. The van der Waals surface area contributed by atoms with Crippen LogP contribution in [-0.4, -0.2) is 35.2 Å². The van der Waals surface area contributed by atoms with Gasteiger partial charge in [0.05, 0.1) is 11.1 Å². The third-order valence-electron chi connectivity index (χ3n) is 5.63. The molecular weight excluding hydrogens is 352 g/mol. The largest absolute Gasteiger partial charge is 0.309 e. The summed E-state index contributed by atoms with van der Waals surface area (Å²) >= 11 is 0. The Hall–Kier alpha value is -2.95. The lowest BCUT2D eigenvalue weighted by molar-refractivity contribution is -0.119. The van der Waals surface area contributed by atoms with Gasteiger partial charge in [0.1, 0.15) is 0 Å². The molecule has 2 aromatic carbocycles. The van der Waals surface area contributed by atoms with Crippen molar-refractivity contribution < 1.29 is 14.4 Å². The number of para-hydroxylation sites is 1. The number of benzene rings is 2. The number of hydrogen-bond acceptors (Lipinski definition) is 3. The second-order valence-electron chi connectivity index (χ2n) is 7.56. The topological polar surface area (TPSA) is 57.7 Å². The van der Waals surface area contributed by atoms with Crippen molar-refractivity contribution >= 4 is 23.4 Å². The molecule has 2 heterocycles. The van der Waals surface area contributed by atoms with E-state index in [9.17, 15) is 14.4 Å². The predicted octanol–water partition coefficient (Wildman–Crippen LogP) is 3.82. The van der Waals surface area contributed by atoms with E-state index in [1.807, 2.05) is 23.1 Å². The van der Waals surface area contributed by atoms with Crippen molar-refractivity contribution in [1.82, 2.24) is 4.90 Å². The van der Waals surface area contributed by atoms with Crippen molar-refractivity contribution in [3.8, 4) is 0 Å². The maximum Gasteiger partial charge on any atom is 0.261 e. The van der Waals surface area contributed by atoms with E-state index in [2.05, 4.69) is 13.0 Å². The zero-order valence-electron chi connectivity index (χ0n) is 16.1. The molecule has 0 aromatic heterocycles. The molecule has 0 spiro atoms. The smallest absolute Gasteiger partial charge is 0.261 e. The summed E-state index contributed by atoms with van der Waals surface area (Å²) in [5.41, 5.74) is 3.24. The van der Waals surface area contributed by atoms with Crippen LogP contribution in [0.4, 0.5) is 5.69 Å². The standard InChI is InChI=1S/C23H24N2O3/c1-16-15-17-9-4-7-12-20(17)25(16)21(26)13-3-2-8-14-24-22(27)18-10-5-6-11-19(18)23(24)28/h4-7,9-12,16H,2-3,8,13-15H2,1H3. The number of rotatable bonds is 6. The summed E-state index contributed by atoms with van der Waals surface area (Å²) in [7, 11) is 0. The van der Waals surface area contributed by atoms with Gasteiger partial charge in [0, 0.05) is 24.7 Å². The molecule has 0 bridgehead atoms. The number of fused-ring (bicyclic) bond motifs is 2. The summed E-state index contributed by atoms with van der Waals surface area (Å²) < 4.78 is 0. The quantitative estimate of drug-likeness (QED) is 0.569. The molecular formula is C23H24N2O3. The average molecular weight is 376 g/mol. The van der Waals surface area contributed by atoms with Crippen molar-refractivity contribution in [2.24, 2.45) is 0 Å². The van der Waals surface area contributed by atoms with Crippen LogP contribution in [0.15, 0.2) is 48.5 Å². The van der Waals surface area contributed by atoms with Crippen LogP contribution in [0.2, 0.25) is 0 Å². The first-order valence-electron chi connectivity index (χ1n) is 9.93. The molecule has 1 atom stereocenters. The van der Waals surface area contributed by atoms with Crippen LogP contribution in [0.1, 0.15) is 58.9 Å². The molecule has 3 amide bonds. The van der Waals surface area contributed by atoms with Gasteiger partial charge in [-0.1, -0.05) is 36.8 Å². The van der Waals surface area contributed by atoms with E-state index in [1.165, 1.54) is 10.5 Å². The molecule has 0 aliphatic carbocycles. The Morgan fingerprint density at radius 3 is 2.29 bits per heavy atom. The second-order valence-corrected chi connectivity index (χ2v) is 7.56. The SMILES string of the molecule is CC1Cc2ccccc2N1C(=O)CCCCCN1C(=O)c2ccccc2C1=O. The zero-order valence-corrected chi connectivity index (χ0v) is 16.1. The van der Waals surface area contributed by atoms with Crippen LogP contribution in [-0.2, 0) is 11.2 Å². The van der Waals surface area contributed by atoms with Gasteiger partial charge >= 0.3 is 0 Å². The number of anilines is 1. The Bertz CT molecular complexity index is 902. The molecule has 0 saturated carbocycles. The van der Waals surface area contributed by atoms with E-state index in [1.54, 1.807) is 24.3 Å². The molecule has 2 aliphatic heterocycles. The van der Waals surface area contributed by atoms with Gasteiger partial charge in [0.25, 0.3) is 11.8 Å². The lowest BCUT2D eigenvalue weighted by atomic mass is 10.1. The lowest BCUT2D eigenvalue weighted by Crippen LogP contribution is -2.35. The van der Waals surface area contributed by atoms with Gasteiger partial charge in [-0.15, -0.1) is 0 Å². The first-order chi connectivity index (χ1) is 13.6. The van der Waals surface area contributed by atoms with Crippen molar-refractivity contribution in [2.45, 2.75) is 45.1 Å². The van der Waals surface area contributed by atoms with Gasteiger partial charge in [-0.3, -0.25) is 19.3 Å². The molecule has 28 heavy (non-hydrogen) atoms. The van der Waals surface area contributed by atoms with Crippen LogP contribution >= 0.6 is 0 Å². The van der Waals surface area contributed by atoms with Gasteiger partial charge in [0.2, 0.25) is 5.91 Å². The highest BCUT2D eigenvalue weighted by molar-refractivity contribution is 6.21. The highest BCUT2D eigenvalue weighted by atomic mass is 16.2. The van der Waals surface area contributed by atoms with Crippen LogP contribution in [0.3, 0.4) is 0 Å². The Balaban J connectivity index is 1.25. The maximum absolute atomic E-state index is 12.7. The summed E-state index contributed by atoms with van der Waals surface area (Å²) in [5, 5.41) is 0. The van der Waals surface area contributed by atoms with E-state index >= 15 is 0 Å². The van der Waals surface area contributed by atoms with Crippen molar-refractivity contribution in [3.05, 3.63) is 65.2 Å². The second kappa shape index (κ2) is 7.58. The minimum Gasteiger partial charge on any atom is -0.309 e. The number of hydrogen-bond donors (Lipinski definition) is 0.